The SMILES string of the molecule is CS(=O)(=O)NC1CCN(Cc2cn3ccccc3c2C#N)CC1. The van der Waals surface area contributed by atoms with Gasteiger partial charge in [-0.1, -0.05) is 6.07 Å². The highest BCUT2D eigenvalue weighted by atomic mass is 32.2. The van der Waals surface area contributed by atoms with Gasteiger partial charge in [0, 0.05) is 43.6 Å². The number of piperidine rings is 1. The lowest BCUT2D eigenvalue weighted by Gasteiger charge is -2.31. The Bertz CT molecular complexity index is 843. The second-order valence-electron chi connectivity index (χ2n) is 6.07. The predicted molar refractivity (Wildman–Crippen MR) is 88.4 cm³/mol. The lowest BCUT2D eigenvalue weighted by Crippen LogP contribution is -2.43. The van der Waals surface area contributed by atoms with Gasteiger partial charge in [-0.25, -0.2) is 13.1 Å². The van der Waals surface area contributed by atoms with Crippen LogP contribution in [0.1, 0.15) is 24.0 Å². The van der Waals surface area contributed by atoms with Crippen LogP contribution >= 0.6 is 0 Å². The van der Waals surface area contributed by atoms with E-state index in [2.05, 4.69) is 15.7 Å². The summed E-state index contributed by atoms with van der Waals surface area (Å²) in [6, 6.07) is 8.15. The Morgan fingerprint density at radius 3 is 2.74 bits per heavy atom. The van der Waals surface area contributed by atoms with E-state index >= 15 is 0 Å². The minimum absolute atomic E-state index is 0.0183. The molecule has 1 fully saturated rings. The molecule has 0 unspecified atom stereocenters. The van der Waals surface area contributed by atoms with Gasteiger partial charge in [0.2, 0.25) is 10.0 Å². The highest BCUT2D eigenvalue weighted by molar-refractivity contribution is 7.88. The van der Waals surface area contributed by atoms with Gasteiger partial charge in [0.25, 0.3) is 0 Å². The van der Waals surface area contributed by atoms with E-state index in [1.807, 2.05) is 35.0 Å². The zero-order valence-electron chi connectivity index (χ0n) is 13.1. The molecule has 3 heterocycles. The van der Waals surface area contributed by atoms with Crippen LogP contribution in [-0.4, -0.2) is 43.1 Å². The van der Waals surface area contributed by atoms with Crippen molar-refractivity contribution in [2.75, 3.05) is 19.3 Å². The van der Waals surface area contributed by atoms with Crippen LogP contribution in [0.25, 0.3) is 5.52 Å². The van der Waals surface area contributed by atoms with Crippen LogP contribution in [0.4, 0.5) is 0 Å². The fraction of sp³-hybridized carbons (Fsp3) is 0.438. The Hall–Kier alpha value is -1.88. The molecule has 1 N–H and O–H groups in total. The van der Waals surface area contributed by atoms with Crippen molar-refractivity contribution in [1.29, 1.82) is 5.26 Å². The Morgan fingerprint density at radius 1 is 1.35 bits per heavy atom. The molecule has 1 saturated heterocycles. The Morgan fingerprint density at radius 2 is 2.09 bits per heavy atom. The molecule has 1 aliphatic heterocycles. The zero-order chi connectivity index (χ0) is 16.4. The highest BCUT2D eigenvalue weighted by Crippen LogP contribution is 2.21. The summed E-state index contributed by atoms with van der Waals surface area (Å²) in [5.41, 5.74) is 2.67. The number of nitriles is 1. The van der Waals surface area contributed by atoms with Gasteiger partial charge in [-0.15, -0.1) is 0 Å². The van der Waals surface area contributed by atoms with Gasteiger partial charge in [0.1, 0.15) is 6.07 Å². The topological polar surface area (TPSA) is 77.6 Å². The zero-order valence-corrected chi connectivity index (χ0v) is 13.9. The number of pyridine rings is 1. The van der Waals surface area contributed by atoms with E-state index in [1.54, 1.807) is 0 Å². The van der Waals surface area contributed by atoms with Crippen molar-refractivity contribution in [2.24, 2.45) is 0 Å². The van der Waals surface area contributed by atoms with Gasteiger partial charge >= 0.3 is 0 Å². The number of rotatable bonds is 4. The fourth-order valence-electron chi connectivity index (χ4n) is 3.18. The van der Waals surface area contributed by atoms with Crippen molar-refractivity contribution in [3.8, 4) is 6.07 Å². The fourth-order valence-corrected chi connectivity index (χ4v) is 4.02. The van der Waals surface area contributed by atoms with Crippen LogP contribution in [0, 0.1) is 11.3 Å². The standard InChI is InChI=1S/C16H20N4O2S/c1-23(21,22)18-14-5-8-19(9-6-14)11-13-12-20-7-3-2-4-16(20)15(13)10-17/h2-4,7,12,14,18H,5-6,8-9,11H2,1H3. The third kappa shape index (κ3) is 3.72. The molecule has 0 saturated carbocycles. The van der Waals surface area contributed by atoms with E-state index in [1.165, 1.54) is 6.26 Å². The maximum atomic E-state index is 11.3. The molecule has 23 heavy (non-hydrogen) atoms. The summed E-state index contributed by atoms with van der Waals surface area (Å²) in [6.07, 6.45) is 6.74. The van der Waals surface area contributed by atoms with Crippen LogP contribution < -0.4 is 4.72 Å². The number of likely N-dealkylation sites (tertiary alicyclic amines) is 1. The maximum Gasteiger partial charge on any atom is 0.208 e. The minimum Gasteiger partial charge on any atom is -0.322 e. The summed E-state index contributed by atoms with van der Waals surface area (Å²) in [5.74, 6) is 0. The van der Waals surface area contributed by atoms with Gasteiger partial charge in [0.05, 0.1) is 17.3 Å². The summed E-state index contributed by atoms with van der Waals surface area (Å²) < 4.78 is 27.2. The predicted octanol–water partition coefficient (Wildman–Crippen LogP) is 1.32. The summed E-state index contributed by atoms with van der Waals surface area (Å²) in [5, 5.41) is 9.45. The lowest BCUT2D eigenvalue weighted by molar-refractivity contribution is 0.200. The molecular weight excluding hydrogens is 312 g/mol. The molecular formula is C16H20N4O2S. The monoisotopic (exact) mass is 332 g/mol. The van der Waals surface area contributed by atoms with Crippen molar-refractivity contribution in [1.82, 2.24) is 14.0 Å². The smallest absolute Gasteiger partial charge is 0.208 e. The van der Waals surface area contributed by atoms with Gasteiger partial charge in [-0.2, -0.15) is 5.26 Å². The number of aromatic nitrogens is 1. The number of nitrogens with zero attached hydrogens (tertiary/aromatic N) is 3. The molecule has 3 rings (SSSR count). The second-order valence-corrected chi connectivity index (χ2v) is 7.85. The van der Waals surface area contributed by atoms with E-state index in [0.717, 1.165) is 49.1 Å². The molecule has 0 bridgehead atoms. The van der Waals surface area contributed by atoms with Gasteiger partial charge in [-0.05, 0) is 25.0 Å². The highest BCUT2D eigenvalue weighted by Gasteiger charge is 2.22. The van der Waals surface area contributed by atoms with Crippen molar-refractivity contribution >= 4 is 15.5 Å². The Kier molecular flexibility index (Phi) is 4.39. The third-order valence-electron chi connectivity index (χ3n) is 4.24. The largest absolute Gasteiger partial charge is 0.322 e. The maximum absolute atomic E-state index is 11.3. The van der Waals surface area contributed by atoms with Crippen molar-refractivity contribution in [2.45, 2.75) is 25.4 Å². The van der Waals surface area contributed by atoms with Crippen LogP contribution in [0.5, 0.6) is 0 Å². The number of hydrogen-bond donors (Lipinski definition) is 1. The quantitative estimate of drug-likeness (QED) is 0.916. The first-order valence-electron chi connectivity index (χ1n) is 7.64. The molecule has 0 spiro atoms. The summed E-state index contributed by atoms with van der Waals surface area (Å²) >= 11 is 0. The average Bonchev–Trinajstić information content (AvgIpc) is 2.85. The van der Waals surface area contributed by atoms with E-state index in [-0.39, 0.29) is 6.04 Å². The van der Waals surface area contributed by atoms with Crippen molar-refractivity contribution < 1.29 is 8.42 Å². The normalized spacial score (nSPS) is 17.4. The van der Waals surface area contributed by atoms with Crippen molar-refractivity contribution in [3.05, 3.63) is 41.7 Å². The number of hydrogen-bond acceptors (Lipinski definition) is 4. The Balaban J connectivity index is 1.69. The molecule has 1 aliphatic rings. The van der Waals surface area contributed by atoms with Crippen LogP contribution in [0.2, 0.25) is 0 Å². The minimum atomic E-state index is -3.14. The van der Waals surface area contributed by atoms with E-state index in [9.17, 15) is 13.7 Å². The summed E-state index contributed by atoms with van der Waals surface area (Å²) in [7, 11) is -3.14. The number of sulfonamides is 1. The second kappa shape index (κ2) is 6.32. The van der Waals surface area contributed by atoms with Crippen LogP contribution in [0.15, 0.2) is 30.6 Å². The van der Waals surface area contributed by atoms with E-state index in [4.69, 9.17) is 0 Å². The molecule has 0 aromatic carbocycles. The first kappa shape index (κ1) is 16.0. The molecule has 7 heteroatoms. The van der Waals surface area contributed by atoms with E-state index in [0.29, 0.717) is 0 Å². The summed E-state index contributed by atoms with van der Waals surface area (Å²) in [4.78, 5) is 2.27. The molecule has 2 aromatic rings. The average molecular weight is 332 g/mol. The molecule has 122 valence electrons. The van der Waals surface area contributed by atoms with E-state index < -0.39 is 10.0 Å². The van der Waals surface area contributed by atoms with Crippen LogP contribution in [-0.2, 0) is 16.6 Å². The van der Waals surface area contributed by atoms with Crippen LogP contribution in [0.3, 0.4) is 0 Å². The molecule has 0 radical (unpaired) electrons. The lowest BCUT2D eigenvalue weighted by atomic mass is 10.0. The van der Waals surface area contributed by atoms with Gasteiger partial charge < -0.3 is 4.40 Å². The molecule has 2 aromatic heterocycles. The third-order valence-corrected chi connectivity index (χ3v) is 5.00. The molecule has 0 aliphatic carbocycles. The first-order chi connectivity index (χ1) is 11.0. The van der Waals surface area contributed by atoms with Gasteiger partial charge in [0.15, 0.2) is 0 Å². The van der Waals surface area contributed by atoms with Gasteiger partial charge in [-0.3, -0.25) is 4.90 Å². The molecule has 0 amide bonds. The number of fused-ring (bicyclic) bond motifs is 1. The van der Waals surface area contributed by atoms with Crippen molar-refractivity contribution in [3.63, 3.8) is 0 Å². The summed E-state index contributed by atoms with van der Waals surface area (Å²) in [6.45, 7) is 2.37. The molecule has 0 atom stereocenters. The first-order valence-corrected chi connectivity index (χ1v) is 9.54. The molecule has 6 nitrogen and oxygen atoms in total. The Labute approximate surface area is 136 Å². The number of nitrogens with one attached hydrogen (secondary N) is 1.